The molecule has 13 heteroatoms. The minimum Gasteiger partial charge on any atom is -0.490 e. The van der Waals surface area contributed by atoms with Gasteiger partial charge < -0.3 is 18.8 Å². The third-order valence-corrected chi connectivity index (χ3v) is 19.5. The van der Waals surface area contributed by atoms with Crippen LogP contribution in [0.5, 0.6) is 5.75 Å². The molecule has 2 aromatic carbocycles. The zero-order chi connectivity index (χ0) is 42.5. The molecule has 0 aromatic heterocycles. The van der Waals surface area contributed by atoms with Crippen molar-refractivity contribution in [2.75, 3.05) is 31.1 Å². The van der Waals surface area contributed by atoms with E-state index in [1.807, 2.05) is 12.1 Å². The molecule has 4 atom stereocenters. The van der Waals surface area contributed by atoms with E-state index in [0.717, 1.165) is 32.1 Å². The molecule has 0 saturated heterocycles. The quantitative estimate of drug-likeness (QED) is 0.166. The van der Waals surface area contributed by atoms with Crippen molar-refractivity contribution in [1.29, 1.82) is 0 Å². The summed E-state index contributed by atoms with van der Waals surface area (Å²) < 4.78 is 50.2. The number of aryl methyl sites for hydroxylation is 1. The number of rotatable bonds is 12. The van der Waals surface area contributed by atoms with Gasteiger partial charge >= 0.3 is 6.09 Å². The number of anilines is 1. The fraction of sp³-hybridized carbons (Fsp3) is 0.600. The summed E-state index contributed by atoms with van der Waals surface area (Å²) in [4.78, 5) is 31.1. The highest BCUT2D eigenvalue weighted by molar-refractivity contribution is 7.90. The number of hydrogen-bond acceptors (Lipinski definition) is 8. The van der Waals surface area contributed by atoms with Crippen LogP contribution in [0.25, 0.3) is 0 Å². The summed E-state index contributed by atoms with van der Waals surface area (Å²) in [5, 5.41) is 0.757. The van der Waals surface area contributed by atoms with Gasteiger partial charge in [-0.05, 0) is 144 Å². The van der Waals surface area contributed by atoms with Crippen LogP contribution in [-0.2, 0) is 35.8 Å². The number of nitrogens with zero attached hydrogens (tertiary/aromatic N) is 2. The average molecular weight is 855 g/mol. The molecule has 6 rings (SSSR count). The van der Waals surface area contributed by atoms with Gasteiger partial charge in [-0.15, -0.1) is 13.2 Å². The number of ether oxygens (including phenoxy) is 2. The third kappa shape index (κ3) is 8.77. The van der Waals surface area contributed by atoms with E-state index < -0.39 is 41.5 Å². The van der Waals surface area contributed by atoms with E-state index in [9.17, 15) is 18.0 Å². The summed E-state index contributed by atoms with van der Waals surface area (Å²) in [6, 6.07) is 11.0. The molecule has 1 N–H and O–H groups in total. The molecule has 1 aliphatic heterocycles. The van der Waals surface area contributed by atoms with Gasteiger partial charge in [-0.2, -0.15) is 0 Å². The smallest absolute Gasteiger partial charge is 0.411 e. The number of hydrogen-bond donors (Lipinski definition) is 1. The van der Waals surface area contributed by atoms with Gasteiger partial charge in [-0.1, -0.05) is 50.6 Å². The van der Waals surface area contributed by atoms with Crippen molar-refractivity contribution < 1.29 is 31.9 Å². The lowest BCUT2D eigenvalue weighted by molar-refractivity contribution is -0.137. The molecule has 2 aromatic rings. The lowest BCUT2D eigenvalue weighted by atomic mass is 9.68. The fourth-order valence-electron chi connectivity index (χ4n) is 8.90. The van der Waals surface area contributed by atoms with Crippen LogP contribution in [0, 0.1) is 11.8 Å². The number of carbonyl (C=O) groups excluding carboxylic acids is 2. The molecular weight excluding hydrogens is 790 g/mol. The number of amides is 2. The molecular formula is C45H64ClN3O7SSi. The van der Waals surface area contributed by atoms with Gasteiger partial charge in [0.2, 0.25) is 0 Å². The Hall–Kier alpha value is -3.32. The summed E-state index contributed by atoms with van der Waals surface area (Å²) in [6.45, 7) is 26.3. The largest absolute Gasteiger partial charge is 0.490 e. The maximum absolute atomic E-state index is 14.3. The third-order valence-electron chi connectivity index (χ3n) is 13.4. The van der Waals surface area contributed by atoms with Crippen LogP contribution >= 0.6 is 11.6 Å². The number of halogens is 1. The molecule has 4 aliphatic rings. The molecule has 1 spiro atoms. The highest BCUT2D eigenvalue weighted by Gasteiger charge is 2.53. The Labute approximate surface area is 352 Å². The SMILES string of the molecule is C=CCN(C(=O)OC(C)(C)C)C1(C(=O)NS(=O)(=O)c2ccc3c(c2)N(C[C@@H]2CC[C@H]2C(C=C)O[Si](C)(C)C(C)(C)C)C[C@@]2(CCCc4cc(Cl)ccc42)CO3)CCC1. The first-order chi connectivity index (χ1) is 27.0. The summed E-state index contributed by atoms with van der Waals surface area (Å²) in [5.41, 5.74) is 0.552. The summed E-state index contributed by atoms with van der Waals surface area (Å²) >= 11 is 6.50. The predicted molar refractivity (Wildman–Crippen MR) is 234 cm³/mol. The zero-order valence-corrected chi connectivity index (χ0v) is 38.4. The zero-order valence-electron chi connectivity index (χ0n) is 35.8. The van der Waals surface area contributed by atoms with Crippen LogP contribution in [0.15, 0.2) is 66.6 Å². The molecule has 2 amide bonds. The van der Waals surface area contributed by atoms with Crippen molar-refractivity contribution in [1.82, 2.24) is 9.62 Å². The van der Waals surface area contributed by atoms with Crippen LogP contribution in [0.4, 0.5) is 10.5 Å². The van der Waals surface area contributed by atoms with E-state index in [1.165, 1.54) is 28.2 Å². The second-order valence-corrected chi connectivity index (χ2v) is 26.4. The van der Waals surface area contributed by atoms with Crippen LogP contribution in [0.2, 0.25) is 23.2 Å². The highest BCUT2D eigenvalue weighted by Crippen LogP contribution is 2.48. The maximum atomic E-state index is 14.3. The summed E-state index contributed by atoms with van der Waals surface area (Å²) in [7, 11) is -6.49. The number of carbonyl (C=O) groups is 2. The molecule has 0 bridgehead atoms. The predicted octanol–water partition coefficient (Wildman–Crippen LogP) is 9.57. The van der Waals surface area contributed by atoms with Crippen LogP contribution in [0.3, 0.4) is 0 Å². The standard InChI is InChI=1S/C45H64ClN3O7SSi/c1-11-25-49(41(51)55-42(3,4)5)45(23-14-24-45)40(50)47-57(52,53)34-18-21-39-37(27-34)48(28-32-16-19-35(32)38(12-2)56-58(9,10)43(6,7)8)29-44(30-54-39)22-13-15-31-26-33(46)17-20-36(31)44/h11-12,17-18,20-21,26-27,32,35,38H,1-2,13-16,19,22-25,28-30H2,3-10H3,(H,47,50)/t32-,35+,38?,44-/m0/s1. The Morgan fingerprint density at radius 2 is 1.79 bits per heavy atom. The van der Waals surface area contributed by atoms with Crippen LogP contribution in [0.1, 0.15) is 97.6 Å². The topological polar surface area (TPSA) is 114 Å². The Morgan fingerprint density at radius 3 is 2.38 bits per heavy atom. The number of nitrogens with one attached hydrogen (secondary N) is 1. The van der Waals surface area contributed by atoms with Crippen LogP contribution in [-0.4, -0.2) is 77.1 Å². The molecule has 2 saturated carbocycles. The Balaban J connectivity index is 1.34. The van der Waals surface area contributed by atoms with E-state index in [0.29, 0.717) is 55.4 Å². The van der Waals surface area contributed by atoms with Gasteiger partial charge in [0.15, 0.2) is 8.32 Å². The van der Waals surface area contributed by atoms with E-state index in [2.05, 4.69) is 68.8 Å². The van der Waals surface area contributed by atoms with Gasteiger partial charge in [0.05, 0.1) is 23.3 Å². The summed E-state index contributed by atoms with van der Waals surface area (Å²) in [5.74, 6) is 0.363. The van der Waals surface area contributed by atoms with Crippen molar-refractivity contribution in [3.05, 3.63) is 77.9 Å². The van der Waals surface area contributed by atoms with Gasteiger partial charge in [-0.3, -0.25) is 9.69 Å². The molecule has 10 nitrogen and oxygen atoms in total. The monoisotopic (exact) mass is 853 g/mol. The fourth-order valence-corrected chi connectivity index (χ4v) is 11.5. The first-order valence-corrected chi connectivity index (χ1v) is 25.6. The van der Waals surface area contributed by atoms with Gasteiger partial charge in [0, 0.05) is 30.1 Å². The Bertz CT molecular complexity index is 2020. The van der Waals surface area contributed by atoms with Gasteiger partial charge in [-0.25, -0.2) is 17.9 Å². The molecule has 58 heavy (non-hydrogen) atoms. The number of fused-ring (bicyclic) bond motifs is 3. The van der Waals surface area contributed by atoms with Crippen molar-refractivity contribution in [3.8, 4) is 5.75 Å². The molecule has 3 aliphatic carbocycles. The number of benzene rings is 2. The molecule has 318 valence electrons. The van der Waals surface area contributed by atoms with E-state index in [-0.39, 0.29) is 39.8 Å². The van der Waals surface area contributed by atoms with E-state index >= 15 is 0 Å². The van der Waals surface area contributed by atoms with E-state index in [4.69, 9.17) is 25.5 Å². The second-order valence-electron chi connectivity index (χ2n) is 19.5. The van der Waals surface area contributed by atoms with E-state index in [1.54, 1.807) is 32.9 Å². The molecule has 0 radical (unpaired) electrons. The average Bonchev–Trinajstić information content (AvgIpc) is 3.24. The van der Waals surface area contributed by atoms with Crippen molar-refractivity contribution in [2.45, 2.75) is 139 Å². The molecule has 1 heterocycles. The van der Waals surface area contributed by atoms with Crippen molar-refractivity contribution in [2.24, 2.45) is 11.8 Å². The van der Waals surface area contributed by atoms with Crippen LogP contribution < -0.4 is 14.4 Å². The minimum atomic E-state index is -4.40. The normalized spacial score (nSPS) is 23.4. The van der Waals surface area contributed by atoms with Crippen molar-refractivity contribution >= 4 is 47.6 Å². The summed E-state index contributed by atoms with van der Waals surface area (Å²) in [6.07, 6.45) is 8.82. The lowest BCUT2D eigenvalue weighted by Gasteiger charge is -2.48. The highest BCUT2D eigenvalue weighted by atomic mass is 35.5. The lowest BCUT2D eigenvalue weighted by Crippen LogP contribution is -2.65. The van der Waals surface area contributed by atoms with Crippen molar-refractivity contribution in [3.63, 3.8) is 0 Å². The Morgan fingerprint density at radius 1 is 1.07 bits per heavy atom. The second kappa shape index (κ2) is 16.3. The number of sulfonamides is 1. The Kier molecular flexibility index (Phi) is 12.4. The first-order valence-electron chi connectivity index (χ1n) is 20.8. The first kappa shape index (κ1) is 44.2. The van der Waals surface area contributed by atoms with Gasteiger partial charge in [0.25, 0.3) is 15.9 Å². The minimum absolute atomic E-state index is 0.0282. The maximum Gasteiger partial charge on any atom is 0.411 e. The molecule has 2 fully saturated rings. The molecule has 1 unspecified atom stereocenters. The van der Waals surface area contributed by atoms with Gasteiger partial charge in [0.1, 0.15) is 16.9 Å².